The summed E-state index contributed by atoms with van der Waals surface area (Å²) < 4.78 is 49.1. The third-order valence-electron chi connectivity index (χ3n) is 8.11. The highest BCUT2D eigenvalue weighted by Crippen LogP contribution is 2.42. The molecule has 2 atom stereocenters. The van der Waals surface area contributed by atoms with Crippen molar-refractivity contribution in [1.82, 2.24) is 30.0 Å². The summed E-state index contributed by atoms with van der Waals surface area (Å²) in [6, 6.07) is 4.95. The second-order valence-corrected chi connectivity index (χ2v) is 11.7. The summed E-state index contributed by atoms with van der Waals surface area (Å²) in [4.78, 5) is 26.9. The molecule has 226 valence electrons. The van der Waals surface area contributed by atoms with E-state index in [1.165, 1.54) is 6.08 Å². The van der Waals surface area contributed by atoms with Crippen LogP contribution in [0.3, 0.4) is 0 Å². The van der Waals surface area contributed by atoms with Gasteiger partial charge in [0.2, 0.25) is 5.91 Å². The first kappa shape index (κ1) is 29.2. The van der Waals surface area contributed by atoms with E-state index in [2.05, 4.69) is 26.7 Å². The molecular weight excluding hydrogens is 583 g/mol. The zero-order valence-electron chi connectivity index (χ0n) is 24.0. The van der Waals surface area contributed by atoms with Gasteiger partial charge in [0, 0.05) is 53.6 Å². The lowest BCUT2D eigenvalue weighted by atomic mass is 9.96. The molecule has 2 aromatic heterocycles. The first-order valence-corrected chi connectivity index (χ1v) is 14.4. The molecule has 2 aromatic carbocycles. The van der Waals surface area contributed by atoms with Crippen LogP contribution in [-0.2, 0) is 4.79 Å². The van der Waals surface area contributed by atoms with Crippen LogP contribution in [0.25, 0.3) is 32.9 Å². The number of alkyl halides is 2. The van der Waals surface area contributed by atoms with Gasteiger partial charge in [0.05, 0.1) is 29.8 Å². The van der Waals surface area contributed by atoms with Gasteiger partial charge in [0.1, 0.15) is 17.9 Å². The molecular formula is C30H31ClF3N7O2. The Labute approximate surface area is 251 Å². The second kappa shape index (κ2) is 11.0. The number of amides is 1. The quantitative estimate of drug-likeness (QED) is 0.286. The molecule has 6 rings (SSSR count). The van der Waals surface area contributed by atoms with Crippen molar-refractivity contribution < 1.29 is 22.7 Å². The zero-order valence-corrected chi connectivity index (χ0v) is 24.8. The van der Waals surface area contributed by atoms with E-state index < -0.39 is 11.7 Å². The summed E-state index contributed by atoms with van der Waals surface area (Å²) in [5.41, 5.74) is 2.18. The molecule has 0 spiro atoms. The Balaban J connectivity index is 1.44. The molecule has 4 heterocycles. The predicted molar refractivity (Wildman–Crippen MR) is 159 cm³/mol. The van der Waals surface area contributed by atoms with Gasteiger partial charge < -0.3 is 14.5 Å². The van der Waals surface area contributed by atoms with Gasteiger partial charge >= 0.3 is 6.01 Å². The van der Waals surface area contributed by atoms with Crippen molar-refractivity contribution in [3.05, 3.63) is 53.5 Å². The molecule has 0 unspecified atom stereocenters. The number of fused-ring (bicyclic) bond motifs is 2. The van der Waals surface area contributed by atoms with E-state index in [0.29, 0.717) is 35.4 Å². The Hall–Kier alpha value is -3.90. The summed E-state index contributed by atoms with van der Waals surface area (Å²) in [6.45, 7) is 9.77. The van der Waals surface area contributed by atoms with E-state index in [4.69, 9.17) is 16.3 Å². The molecule has 2 aliphatic rings. The highest BCUT2D eigenvalue weighted by atomic mass is 35.5. The number of H-pyrrole nitrogens is 1. The Morgan fingerprint density at radius 3 is 2.60 bits per heavy atom. The van der Waals surface area contributed by atoms with Crippen molar-refractivity contribution >= 4 is 45.1 Å². The minimum absolute atomic E-state index is 0.00991. The van der Waals surface area contributed by atoms with E-state index in [0.717, 1.165) is 10.9 Å². The van der Waals surface area contributed by atoms with Crippen LogP contribution in [0.2, 0.25) is 5.02 Å². The Morgan fingerprint density at radius 2 is 1.93 bits per heavy atom. The molecule has 2 fully saturated rings. The monoisotopic (exact) mass is 613 g/mol. The molecule has 0 radical (unpaired) electrons. The third-order valence-corrected chi connectivity index (χ3v) is 8.41. The van der Waals surface area contributed by atoms with Crippen molar-refractivity contribution in [3.8, 4) is 17.1 Å². The maximum atomic E-state index is 16.7. The molecule has 9 nitrogen and oxygen atoms in total. The molecule has 0 saturated carbocycles. The lowest BCUT2D eigenvalue weighted by Crippen LogP contribution is -2.58. The zero-order chi connectivity index (χ0) is 30.6. The highest BCUT2D eigenvalue weighted by Gasteiger charge is 2.43. The van der Waals surface area contributed by atoms with Crippen LogP contribution in [-0.4, -0.2) is 93.2 Å². The van der Waals surface area contributed by atoms with E-state index in [1.807, 2.05) is 37.8 Å². The number of carbonyl (C=O) groups is 1. The van der Waals surface area contributed by atoms with Crippen LogP contribution < -0.4 is 9.64 Å². The minimum atomic E-state index is -2.69. The standard InChI is InChI=1S/C30H31ClF3N7O2/c1-5-22(42)41-17(3)12-40(13-18(41)4)28-20-10-21(31)24(23-16(2)6-7-19-11-35-38-26(19)23)25(32)27(20)36-29(37-28)43-9-8-39-14-30(33,34)15-39/h5-7,10-11,17-18H,1,8-9,12-15H2,2-4H3,(H,35,38)/t17-,18+. The number of rotatable bonds is 7. The van der Waals surface area contributed by atoms with Gasteiger partial charge in [-0.3, -0.25) is 14.8 Å². The summed E-state index contributed by atoms with van der Waals surface area (Å²) in [5, 5.41) is 8.43. The fraction of sp³-hybridized carbons (Fsp3) is 0.400. The van der Waals surface area contributed by atoms with Gasteiger partial charge in [-0.15, -0.1) is 0 Å². The fourth-order valence-corrected chi connectivity index (χ4v) is 6.49. The molecule has 1 N–H and O–H groups in total. The molecule has 1 amide bonds. The number of aromatic amines is 1. The fourth-order valence-electron chi connectivity index (χ4n) is 6.20. The number of aryl methyl sites for hydroxylation is 1. The molecule has 13 heteroatoms. The summed E-state index contributed by atoms with van der Waals surface area (Å²) in [7, 11) is 0. The number of ether oxygens (including phenoxy) is 1. The van der Waals surface area contributed by atoms with Gasteiger partial charge in [-0.05, 0) is 38.5 Å². The number of hydrogen-bond donors (Lipinski definition) is 1. The van der Waals surface area contributed by atoms with E-state index in [9.17, 15) is 13.6 Å². The van der Waals surface area contributed by atoms with Crippen molar-refractivity contribution in [1.29, 1.82) is 0 Å². The Morgan fingerprint density at radius 1 is 1.21 bits per heavy atom. The number of nitrogens with one attached hydrogen (secondary N) is 1. The average molecular weight is 614 g/mol. The largest absolute Gasteiger partial charge is 0.462 e. The van der Waals surface area contributed by atoms with Crippen molar-refractivity contribution in [2.45, 2.75) is 38.8 Å². The van der Waals surface area contributed by atoms with Gasteiger partial charge in [-0.25, -0.2) is 13.2 Å². The van der Waals surface area contributed by atoms with Crippen molar-refractivity contribution in [2.24, 2.45) is 0 Å². The Kier molecular flexibility index (Phi) is 7.45. The summed E-state index contributed by atoms with van der Waals surface area (Å²) in [5.74, 6) is -3.10. The first-order chi connectivity index (χ1) is 20.5. The minimum Gasteiger partial charge on any atom is -0.462 e. The summed E-state index contributed by atoms with van der Waals surface area (Å²) in [6.07, 6.45) is 2.95. The van der Waals surface area contributed by atoms with Crippen LogP contribution in [0.15, 0.2) is 37.1 Å². The lowest BCUT2D eigenvalue weighted by molar-refractivity contribution is -0.132. The topological polar surface area (TPSA) is 90.5 Å². The van der Waals surface area contributed by atoms with E-state index >= 15 is 4.39 Å². The number of halogens is 4. The predicted octanol–water partition coefficient (Wildman–Crippen LogP) is 5.22. The van der Waals surface area contributed by atoms with Crippen molar-refractivity contribution in [3.63, 3.8) is 0 Å². The number of carbonyl (C=O) groups excluding carboxylic acids is 1. The number of hydrogen-bond acceptors (Lipinski definition) is 7. The van der Waals surface area contributed by atoms with Gasteiger partial charge in [-0.2, -0.15) is 15.1 Å². The average Bonchev–Trinajstić information content (AvgIpc) is 3.41. The van der Waals surface area contributed by atoms with Crippen LogP contribution in [0, 0.1) is 12.7 Å². The molecule has 2 saturated heterocycles. The van der Waals surface area contributed by atoms with Gasteiger partial charge in [0.25, 0.3) is 5.92 Å². The van der Waals surface area contributed by atoms with Gasteiger partial charge in [-0.1, -0.05) is 30.3 Å². The molecule has 43 heavy (non-hydrogen) atoms. The first-order valence-electron chi connectivity index (χ1n) is 14.0. The van der Waals surface area contributed by atoms with Crippen LogP contribution in [0.4, 0.5) is 19.0 Å². The van der Waals surface area contributed by atoms with E-state index in [-0.39, 0.29) is 66.3 Å². The molecule has 4 aromatic rings. The second-order valence-electron chi connectivity index (χ2n) is 11.3. The Bertz CT molecular complexity index is 1730. The lowest BCUT2D eigenvalue weighted by Gasteiger charge is -2.44. The number of benzene rings is 2. The molecule has 2 aliphatic heterocycles. The third kappa shape index (κ3) is 5.27. The van der Waals surface area contributed by atoms with Crippen LogP contribution in [0.1, 0.15) is 19.4 Å². The highest BCUT2D eigenvalue weighted by molar-refractivity contribution is 6.35. The van der Waals surface area contributed by atoms with Crippen LogP contribution in [0.5, 0.6) is 6.01 Å². The summed E-state index contributed by atoms with van der Waals surface area (Å²) >= 11 is 6.83. The molecule has 0 bridgehead atoms. The maximum Gasteiger partial charge on any atom is 0.319 e. The SMILES string of the molecule is C=CC(=O)N1[C@H](C)CN(c2nc(OCCN3CC(F)(F)C3)nc3c(F)c(-c4c(C)ccc5cn[nH]c45)c(Cl)cc23)C[C@@H]1C. The molecule has 0 aliphatic carbocycles. The number of nitrogens with zero attached hydrogens (tertiary/aromatic N) is 6. The normalized spacial score (nSPS) is 20.4. The number of aromatic nitrogens is 4. The number of likely N-dealkylation sites (tertiary alicyclic amines) is 1. The van der Waals surface area contributed by atoms with Crippen molar-refractivity contribution in [2.75, 3.05) is 44.2 Å². The number of anilines is 1. The van der Waals surface area contributed by atoms with Gasteiger partial charge in [0.15, 0.2) is 5.82 Å². The maximum absolute atomic E-state index is 16.7. The van der Waals surface area contributed by atoms with E-state index in [1.54, 1.807) is 22.1 Å². The van der Waals surface area contributed by atoms with Crippen LogP contribution >= 0.6 is 11.6 Å². The number of piperazine rings is 1. The smallest absolute Gasteiger partial charge is 0.319 e.